The van der Waals surface area contributed by atoms with E-state index < -0.39 is 0 Å². The molecule has 2 fully saturated rings. The van der Waals surface area contributed by atoms with Gasteiger partial charge in [-0.3, -0.25) is 4.90 Å². The number of ether oxygens (including phenoxy) is 2. The van der Waals surface area contributed by atoms with E-state index in [9.17, 15) is 0 Å². The van der Waals surface area contributed by atoms with Crippen LogP contribution in [0.2, 0.25) is 0 Å². The lowest BCUT2D eigenvalue weighted by Gasteiger charge is -2.36. The Balaban J connectivity index is 1.85. The average Bonchev–Trinajstić information content (AvgIpc) is 2.85. The molecule has 0 radical (unpaired) electrons. The van der Waals surface area contributed by atoms with Crippen LogP contribution in [0, 0.1) is 11.8 Å². The minimum atomic E-state index is 0.214. The van der Waals surface area contributed by atoms with Crippen molar-refractivity contribution in [2.45, 2.75) is 57.3 Å². The van der Waals surface area contributed by atoms with E-state index >= 15 is 0 Å². The first kappa shape index (κ1) is 16.2. The minimum absolute atomic E-state index is 0.214. The van der Waals surface area contributed by atoms with Crippen LogP contribution in [0.15, 0.2) is 0 Å². The predicted molar refractivity (Wildman–Crippen MR) is 81.7 cm³/mol. The summed E-state index contributed by atoms with van der Waals surface area (Å²) in [6, 6.07) is 0.380. The summed E-state index contributed by atoms with van der Waals surface area (Å²) in [5, 5.41) is 0. The predicted octanol–water partition coefficient (Wildman–Crippen LogP) is 1.88. The van der Waals surface area contributed by atoms with E-state index in [0.717, 1.165) is 25.6 Å². The maximum absolute atomic E-state index is 6.36. The molecule has 0 aromatic carbocycles. The molecule has 1 saturated heterocycles. The smallest absolute Gasteiger partial charge is 0.0971 e. The molecule has 0 aromatic heterocycles. The van der Waals surface area contributed by atoms with Crippen molar-refractivity contribution in [1.82, 2.24) is 4.90 Å². The number of nitrogens with two attached hydrogens (primary N) is 1. The zero-order chi connectivity index (χ0) is 14.5. The highest BCUT2D eigenvalue weighted by molar-refractivity contribution is 4.90. The van der Waals surface area contributed by atoms with Gasteiger partial charge in [0, 0.05) is 39.9 Å². The highest BCUT2D eigenvalue weighted by Crippen LogP contribution is 2.32. The fraction of sp³-hybridized carbons (Fsp3) is 1.00. The molecule has 1 aliphatic carbocycles. The first-order valence-electron chi connectivity index (χ1n) is 8.21. The average molecular weight is 284 g/mol. The van der Waals surface area contributed by atoms with E-state index in [1.54, 1.807) is 14.2 Å². The van der Waals surface area contributed by atoms with E-state index in [1.165, 1.54) is 32.1 Å². The third-order valence-corrected chi connectivity index (χ3v) is 5.24. The molecule has 1 saturated carbocycles. The molecule has 5 atom stereocenters. The fourth-order valence-electron chi connectivity index (χ4n) is 4.02. The lowest BCUT2D eigenvalue weighted by atomic mass is 9.76. The molecule has 1 heterocycles. The van der Waals surface area contributed by atoms with Crippen molar-refractivity contribution >= 4 is 0 Å². The largest absolute Gasteiger partial charge is 0.377 e. The Kier molecular flexibility index (Phi) is 6.27. The second kappa shape index (κ2) is 7.74. The zero-order valence-electron chi connectivity index (χ0n) is 13.4. The third-order valence-electron chi connectivity index (χ3n) is 5.24. The summed E-state index contributed by atoms with van der Waals surface area (Å²) in [7, 11) is 3.56. The summed E-state index contributed by atoms with van der Waals surface area (Å²) in [6.07, 6.45) is 6.93. The molecular weight excluding hydrogens is 252 g/mol. The summed E-state index contributed by atoms with van der Waals surface area (Å²) in [4.78, 5) is 2.49. The minimum Gasteiger partial charge on any atom is -0.377 e. The third kappa shape index (κ3) is 3.94. The van der Waals surface area contributed by atoms with Crippen LogP contribution in [0.25, 0.3) is 0 Å². The molecule has 2 aliphatic rings. The van der Waals surface area contributed by atoms with Crippen molar-refractivity contribution in [3.8, 4) is 0 Å². The molecular formula is C16H32N2O2. The van der Waals surface area contributed by atoms with Crippen LogP contribution >= 0.6 is 0 Å². The molecule has 0 spiro atoms. The first-order chi connectivity index (χ1) is 9.67. The molecule has 1 aliphatic heterocycles. The number of nitrogens with zero attached hydrogens (tertiary/aromatic N) is 1. The van der Waals surface area contributed by atoms with Crippen molar-refractivity contribution in [2.75, 3.05) is 33.9 Å². The van der Waals surface area contributed by atoms with Gasteiger partial charge >= 0.3 is 0 Å². The summed E-state index contributed by atoms with van der Waals surface area (Å²) in [5.41, 5.74) is 6.36. The van der Waals surface area contributed by atoms with Gasteiger partial charge in [0.1, 0.15) is 0 Å². The topological polar surface area (TPSA) is 47.7 Å². The van der Waals surface area contributed by atoms with Crippen molar-refractivity contribution in [2.24, 2.45) is 17.6 Å². The van der Waals surface area contributed by atoms with Gasteiger partial charge in [-0.25, -0.2) is 0 Å². The number of hydrogen-bond acceptors (Lipinski definition) is 4. The van der Waals surface area contributed by atoms with Crippen LogP contribution in [0.4, 0.5) is 0 Å². The van der Waals surface area contributed by atoms with Crippen LogP contribution in [0.1, 0.15) is 39.0 Å². The highest BCUT2D eigenvalue weighted by Gasteiger charge is 2.36. The lowest BCUT2D eigenvalue weighted by Crippen LogP contribution is -2.43. The molecule has 0 bridgehead atoms. The highest BCUT2D eigenvalue weighted by atomic mass is 16.5. The standard InChI is InChI=1S/C16H32N2O2/c1-4-5-12-6-7-14(17)13(8-12)9-18-10-15(19-2)16(11-18)20-3/h12-16H,4-11,17H2,1-3H3. The Morgan fingerprint density at radius 3 is 2.30 bits per heavy atom. The summed E-state index contributed by atoms with van der Waals surface area (Å²) in [6.45, 7) is 5.37. The quantitative estimate of drug-likeness (QED) is 0.809. The fourth-order valence-corrected chi connectivity index (χ4v) is 4.02. The normalized spacial score (nSPS) is 39.3. The van der Waals surface area contributed by atoms with Gasteiger partial charge in [-0.2, -0.15) is 0 Å². The van der Waals surface area contributed by atoms with Crippen LogP contribution in [-0.2, 0) is 9.47 Å². The number of hydrogen-bond donors (Lipinski definition) is 1. The van der Waals surface area contributed by atoms with Crippen LogP contribution in [0.5, 0.6) is 0 Å². The van der Waals surface area contributed by atoms with Crippen molar-refractivity contribution in [1.29, 1.82) is 0 Å². The Labute approximate surface area is 124 Å². The Hall–Kier alpha value is -0.160. The van der Waals surface area contributed by atoms with E-state index in [2.05, 4.69) is 11.8 Å². The molecule has 0 aromatic rings. The van der Waals surface area contributed by atoms with E-state index in [1.807, 2.05) is 0 Å². The van der Waals surface area contributed by atoms with E-state index in [0.29, 0.717) is 12.0 Å². The maximum atomic E-state index is 6.36. The van der Waals surface area contributed by atoms with Crippen molar-refractivity contribution in [3.63, 3.8) is 0 Å². The van der Waals surface area contributed by atoms with Crippen LogP contribution in [-0.4, -0.2) is 57.0 Å². The van der Waals surface area contributed by atoms with Gasteiger partial charge in [-0.15, -0.1) is 0 Å². The van der Waals surface area contributed by atoms with Crippen LogP contribution < -0.4 is 5.73 Å². The van der Waals surface area contributed by atoms with Gasteiger partial charge in [0.15, 0.2) is 0 Å². The van der Waals surface area contributed by atoms with Gasteiger partial charge in [0.25, 0.3) is 0 Å². The van der Waals surface area contributed by atoms with Crippen molar-refractivity contribution < 1.29 is 9.47 Å². The van der Waals surface area contributed by atoms with Gasteiger partial charge in [0.2, 0.25) is 0 Å². The monoisotopic (exact) mass is 284 g/mol. The molecule has 5 unspecified atom stereocenters. The second-order valence-corrected chi connectivity index (χ2v) is 6.66. The van der Waals surface area contributed by atoms with Gasteiger partial charge in [-0.05, 0) is 31.1 Å². The Morgan fingerprint density at radius 1 is 1.10 bits per heavy atom. The summed E-state index contributed by atoms with van der Waals surface area (Å²) in [5.74, 6) is 1.54. The molecule has 2 rings (SSSR count). The molecule has 0 amide bonds. The molecule has 118 valence electrons. The van der Waals surface area contributed by atoms with E-state index in [-0.39, 0.29) is 12.2 Å². The number of methoxy groups -OCH3 is 2. The number of likely N-dealkylation sites (tertiary alicyclic amines) is 1. The number of rotatable bonds is 6. The Bertz CT molecular complexity index is 276. The van der Waals surface area contributed by atoms with Gasteiger partial charge < -0.3 is 15.2 Å². The maximum Gasteiger partial charge on any atom is 0.0971 e. The first-order valence-corrected chi connectivity index (χ1v) is 8.21. The molecule has 4 nitrogen and oxygen atoms in total. The van der Waals surface area contributed by atoms with Crippen molar-refractivity contribution in [3.05, 3.63) is 0 Å². The summed E-state index contributed by atoms with van der Waals surface area (Å²) >= 11 is 0. The van der Waals surface area contributed by atoms with E-state index in [4.69, 9.17) is 15.2 Å². The summed E-state index contributed by atoms with van der Waals surface area (Å²) < 4.78 is 11.0. The zero-order valence-corrected chi connectivity index (χ0v) is 13.4. The molecule has 2 N–H and O–H groups in total. The van der Waals surface area contributed by atoms with Gasteiger partial charge in [0.05, 0.1) is 12.2 Å². The second-order valence-electron chi connectivity index (χ2n) is 6.66. The Morgan fingerprint density at radius 2 is 1.75 bits per heavy atom. The molecule has 4 heteroatoms. The lowest BCUT2D eigenvalue weighted by molar-refractivity contribution is -0.00461. The van der Waals surface area contributed by atoms with Crippen LogP contribution in [0.3, 0.4) is 0 Å². The SMILES string of the molecule is CCCC1CCC(N)C(CN2CC(OC)C(OC)C2)C1. The molecule has 20 heavy (non-hydrogen) atoms. The van der Waals surface area contributed by atoms with Gasteiger partial charge in [-0.1, -0.05) is 19.8 Å².